The summed E-state index contributed by atoms with van der Waals surface area (Å²) in [5.41, 5.74) is 8.66. The molecule has 5 nitrogen and oxygen atoms in total. The van der Waals surface area contributed by atoms with Crippen LogP contribution >= 0.6 is 12.2 Å². The monoisotopic (exact) mass is 321 g/mol. The fraction of sp³-hybridized carbons (Fsp3) is 0. The number of nitrogens with zero attached hydrogens (tertiary/aromatic N) is 2. The van der Waals surface area contributed by atoms with Crippen LogP contribution in [0.25, 0.3) is 11.3 Å². The summed E-state index contributed by atoms with van der Waals surface area (Å²) in [5, 5.41) is 3.53. The van der Waals surface area contributed by atoms with Gasteiger partial charge in [-0.2, -0.15) is 0 Å². The van der Waals surface area contributed by atoms with Crippen LogP contribution in [0, 0.1) is 0 Å². The van der Waals surface area contributed by atoms with E-state index in [4.69, 9.17) is 12.2 Å². The number of para-hydroxylation sites is 1. The van der Waals surface area contributed by atoms with E-state index in [0.717, 1.165) is 16.9 Å². The van der Waals surface area contributed by atoms with Crippen LogP contribution in [-0.2, 0) is 0 Å². The molecule has 0 unspecified atom stereocenters. The standard InChI is InChI=1S/C17H15N5S/c23-17(20-14-9-5-2-6-10-14)22-21-16-11-15(18-12-19-16)13-7-3-1-4-8-13/h1-12H,(H,18,19,21)(H2,20,22,23). The second kappa shape index (κ2) is 7.33. The highest BCUT2D eigenvalue weighted by atomic mass is 32.1. The smallest absolute Gasteiger partial charge is 0.189 e. The average molecular weight is 321 g/mol. The number of anilines is 2. The van der Waals surface area contributed by atoms with Gasteiger partial charge in [-0.3, -0.25) is 10.9 Å². The Balaban J connectivity index is 1.61. The molecule has 0 amide bonds. The van der Waals surface area contributed by atoms with Crippen molar-refractivity contribution in [3.8, 4) is 11.3 Å². The first-order valence-electron chi connectivity index (χ1n) is 7.07. The quantitative estimate of drug-likeness (QED) is 0.505. The first-order chi connectivity index (χ1) is 11.3. The van der Waals surface area contributed by atoms with Gasteiger partial charge in [0.05, 0.1) is 5.69 Å². The molecule has 2 aromatic carbocycles. The van der Waals surface area contributed by atoms with Crippen molar-refractivity contribution in [2.75, 3.05) is 10.7 Å². The van der Waals surface area contributed by atoms with Crippen LogP contribution in [-0.4, -0.2) is 15.1 Å². The molecule has 0 atom stereocenters. The van der Waals surface area contributed by atoms with E-state index in [2.05, 4.69) is 26.1 Å². The molecule has 3 N–H and O–H groups in total. The van der Waals surface area contributed by atoms with Crippen molar-refractivity contribution in [1.29, 1.82) is 0 Å². The lowest BCUT2D eigenvalue weighted by molar-refractivity contribution is 1.07. The fourth-order valence-electron chi connectivity index (χ4n) is 2.00. The number of hydrogen-bond donors (Lipinski definition) is 3. The van der Waals surface area contributed by atoms with Crippen molar-refractivity contribution in [1.82, 2.24) is 15.4 Å². The van der Waals surface area contributed by atoms with Gasteiger partial charge in [0.25, 0.3) is 0 Å². The molecular formula is C17H15N5S. The van der Waals surface area contributed by atoms with Gasteiger partial charge in [0, 0.05) is 17.3 Å². The second-order valence-corrected chi connectivity index (χ2v) is 5.13. The Morgan fingerprint density at radius 1 is 0.870 bits per heavy atom. The molecule has 3 aromatic rings. The van der Waals surface area contributed by atoms with Gasteiger partial charge < -0.3 is 5.32 Å². The Hall–Kier alpha value is -2.99. The number of benzene rings is 2. The van der Waals surface area contributed by atoms with Gasteiger partial charge in [-0.05, 0) is 24.4 Å². The Labute approximate surface area is 139 Å². The Kier molecular flexibility index (Phi) is 4.76. The maximum atomic E-state index is 5.23. The molecule has 0 saturated heterocycles. The summed E-state index contributed by atoms with van der Waals surface area (Å²) in [5.74, 6) is 0.635. The first-order valence-corrected chi connectivity index (χ1v) is 7.47. The van der Waals surface area contributed by atoms with E-state index in [1.807, 2.05) is 66.7 Å². The molecule has 0 fully saturated rings. The third-order valence-electron chi connectivity index (χ3n) is 3.07. The van der Waals surface area contributed by atoms with Crippen LogP contribution < -0.4 is 16.2 Å². The van der Waals surface area contributed by atoms with Gasteiger partial charge in [-0.25, -0.2) is 9.97 Å². The Morgan fingerprint density at radius 2 is 1.57 bits per heavy atom. The molecule has 6 heteroatoms. The highest BCUT2D eigenvalue weighted by Gasteiger charge is 2.02. The molecule has 114 valence electrons. The zero-order valence-electron chi connectivity index (χ0n) is 12.2. The second-order valence-electron chi connectivity index (χ2n) is 4.72. The van der Waals surface area contributed by atoms with Gasteiger partial charge in [-0.1, -0.05) is 48.5 Å². The summed E-state index contributed by atoms with van der Waals surface area (Å²) in [7, 11) is 0. The first kappa shape index (κ1) is 14.9. The number of rotatable bonds is 4. The molecule has 3 rings (SSSR count). The van der Waals surface area contributed by atoms with Crippen LogP contribution in [0.2, 0.25) is 0 Å². The zero-order valence-corrected chi connectivity index (χ0v) is 13.0. The molecule has 0 aliphatic rings. The number of aromatic nitrogens is 2. The number of thiocarbonyl (C=S) groups is 1. The van der Waals surface area contributed by atoms with Crippen molar-refractivity contribution in [3.05, 3.63) is 73.1 Å². The zero-order chi connectivity index (χ0) is 15.9. The van der Waals surface area contributed by atoms with Crippen molar-refractivity contribution >= 4 is 28.8 Å². The van der Waals surface area contributed by atoms with Crippen molar-refractivity contribution in [3.63, 3.8) is 0 Å². The maximum Gasteiger partial charge on any atom is 0.189 e. The van der Waals surface area contributed by atoms with Crippen LogP contribution in [0.4, 0.5) is 11.5 Å². The summed E-state index contributed by atoms with van der Waals surface area (Å²) in [6.45, 7) is 0. The summed E-state index contributed by atoms with van der Waals surface area (Å²) in [4.78, 5) is 8.45. The van der Waals surface area contributed by atoms with E-state index in [1.54, 1.807) is 0 Å². The van der Waals surface area contributed by atoms with Gasteiger partial charge in [0.15, 0.2) is 5.11 Å². The Bertz CT molecular complexity index is 777. The predicted molar refractivity (Wildman–Crippen MR) is 96.9 cm³/mol. The van der Waals surface area contributed by atoms with E-state index < -0.39 is 0 Å². The minimum absolute atomic E-state index is 0.455. The lowest BCUT2D eigenvalue weighted by Gasteiger charge is -2.12. The number of nitrogens with one attached hydrogen (secondary N) is 3. The van der Waals surface area contributed by atoms with Crippen LogP contribution in [0.3, 0.4) is 0 Å². The van der Waals surface area contributed by atoms with E-state index in [1.165, 1.54) is 6.33 Å². The number of hydrazine groups is 1. The molecule has 0 aliphatic heterocycles. The topological polar surface area (TPSA) is 61.9 Å². The normalized spacial score (nSPS) is 9.91. The lowest BCUT2D eigenvalue weighted by Crippen LogP contribution is -2.33. The third-order valence-corrected chi connectivity index (χ3v) is 3.28. The number of hydrogen-bond acceptors (Lipinski definition) is 4. The minimum Gasteiger partial charge on any atom is -0.331 e. The molecule has 1 aromatic heterocycles. The molecule has 0 aliphatic carbocycles. The van der Waals surface area contributed by atoms with Crippen molar-refractivity contribution < 1.29 is 0 Å². The summed E-state index contributed by atoms with van der Waals surface area (Å²) >= 11 is 5.23. The Morgan fingerprint density at radius 3 is 2.30 bits per heavy atom. The van der Waals surface area contributed by atoms with Crippen LogP contribution in [0.5, 0.6) is 0 Å². The van der Waals surface area contributed by atoms with E-state index in [-0.39, 0.29) is 0 Å². The van der Waals surface area contributed by atoms with E-state index in [9.17, 15) is 0 Å². The lowest BCUT2D eigenvalue weighted by atomic mass is 10.1. The minimum atomic E-state index is 0.455. The molecule has 0 spiro atoms. The molecule has 1 heterocycles. The fourth-order valence-corrected chi connectivity index (χ4v) is 2.17. The van der Waals surface area contributed by atoms with Crippen LogP contribution in [0.15, 0.2) is 73.1 Å². The summed E-state index contributed by atoms with van der Waals surface area (Å²) in [6.07, 6.45) is 1.51. The molecule has 23 heavy (non-hydrogen) atoms. The highest BCUT2D eigenvalue weighted by molar-refractivity contribution is 7.80. The van der Waals surface area contributed by atoms with Crippen molar-refractivity contribution in [2.24, 2.45) is 0 Å². The molecular weight excluding hydrogens is 306 g/mol. The summed E-state index contributed by atoms with van der Waals surface area (Å²) < 4.78 is 0. The summed E-state index contributed by atoms with van der Waals surface area (Å²) in [6, 6.07) is 21.5. The molecule has 0 saturated carbocycles. The average Bonchev–Trinajstić information content (AvgIpc) is 2.62. The SMILES string of the molecule is S=C(NNc1cc(-c2ccccc2)ncn1)Nc1ccccc1. The van der Waals surface area contributed by atoms with E-state index in [0.29, 0.717) is 10.9 Å². The van der Waals surface area contributed by atoms with E-state index >= 15 is 0 Å². The van der Waals surface area contributed by atoms with Crippen molar-refractivity contribution in [2.45, 2.75) is 0 Å². The largest absolute Gasteiger partial charge is 0.331 e. The van der Waals surface area contributed by atoms with Gasteiger partial charge >= 0.3 is 0 Å². The predicted octanol–water partition coefficient (Wildman–Crippen LogP) is 3.46. The van der Waals surface area contributed by atoms with Gasteiger partial charge in [-0.15, -0.1) is 0 Å². The molecule has 0 radical (unpaired) electrons. The van der Waals surface area contributed by atoms with Gasteiger partial charge in [0.1, 0.15) is 12.1 Å². The van der Waals surface area contributed by atoms with Crippen LogP contribution in [0.1, 0.15) is 0 Å². The maximum absolute atomic E-state index is 5.23. The van der Waals surface area contributed by atoms with Gasteiger partial charge in [0.2, 0.25) is 0 Å². The third kappa shape index (κ3) is 4.24. The highest BCUT2D eigenvalue weighted by Crippen LogP contribution is 2.17. The molecule has 0 bridgehead atoms.